The van der Waals surface area contributed by atoms with E-state index in [1.165, 1.54) is 6.42 Å². The van der Waals surface area contributed by atoms with Gasteiger partial charge in [0.2, 0.25) is 0 Å². The zero-order valence-corrected chi connectivity index (χ0v) is 19.0. The predicted molar refractivity (Wildman–Crippen MR) is 127 cm³/mol. The molecule has 2 aromatic carbocycles. The summed E-state index contributed by atoms with van der Waals surface area (Å²) in [4.78, 5) is 7.23. The van der Waals surface area contributed by atoms with Gasteiger partial charge in [0.05, 0.1) is 16.7 Å². The quantitative estimate of drug-likeness (QED) is 0.381. The third-order valence-electron chi connectivity index (χ3n) is 5.10. The van der Waals surface area contributed by atoms with Gasteiger partial charge in [-0.3, -0.25) is 0 Å². The zero-order valence-electron chi connectivity index (χ0n) is 16.6. The molecule has 0 aliphatic heterocycles. The average Bonchev–Trinajstić information content (AvgIpc) is 2.64. The standard InChI is InChI=1S/C22H27Cl2N3.ClH/c1-4-27(5-2)12-6-7-15(3)25-22-18-10-8-16(23)13-20(18)26-21-14-17(24)9-11-19(21)22;/h8-11,13-15H,4-7,12H2,1-3H3,(H,25,26);1H. The predicted octanol–water partition coefficient (Wildman–Crippen LogP) is 7.04. The maximum Gasteiger partial charge on any atom is 0.0745 e. The first kappa shape index (κ1) is 23.0. The molecule has 1 unspecified atom stereocenters. The molecule has 0 amide bonds. The molecule has 152 valence electrons. The van der Waals surface area contributed by atoms with Gasteiger partial charge < -0.3 is 10.2 Å². The van der Waals surface area contributed by atoms with Gasteiger partial charge >= 0.3 is 0 Å². The maximum absolute atomic E-state index is 6.19. The highest BCUT2D eigenvalue weighted by atomic mass is 35.5. The van der Waals surface area contributed by atoms with Crippen molar-refractivity contribution in [3.05, 3.63) is 46.4 Å². The largest absolute Gasteiger partial charge is 0.381 e. The smallest absolute Gasteiger partial charge is 0.0745 e. The van der Waals surface area contributed by atoms with E-state index in [4.69, 9.17) is 28.2 Å². The molecule has 0 fully saturated rings. The van der Waals surface area contributed by atoms with Crippen LogP contribution in [0.3, 0.4) is 0 Å². The van der Waals surface area contributed by atoms with E-state index in [0.29, 0.717) is 16.1 Å². The second-order valence-corrected chi connectivity index (χ2v) is 7.90. The van der Waals surface area contributed by atoms with Gasteiger partial charge in [-0.15, -0.1) is 12.4 Å². The lowest BCUT2D eigenvalue weighted by molar-refractivity contribution is 0.295. The highest BCUT2D eigenvalue weighted by molar-refractivity contribution is 6.32. The fraction of sp³-hybridized carbons (Fsp3) is 0.409. The Morgan fingerprint density at radius 1 is 0.964 bits per heavy atom. The minimum absolute atomic E-state index is 0. The lowest BCUT2D eigenvalue weighted by atomic mass is 10.1. The molecule has 0 aliphatic carbocycles. The molecule has 28 heavy (non-hydrogen) atoms. The van der Waals surface area contributed by atoms with Crippen LogP contribution >= 0.6 is 35.6 Å². The first-order valence-electron chi connectivity index (χ1n) is 9.69. The van der Waals surface area contributed by atoms with Crippen LogP contribution in [-0.2, 0) is 0 Å². The normalized spacial score (nSPS) is 12.4. The molecule has 6 heteroatoms. The van der Waals surface area contributed by atoms with Gasteiger partial charge in [0.25, 0.3) is 0 Å². The van der Waals surface area contributed by atoms with Crippen LogP contribution in [0.15, 0.2) is 36.4 Å². The number of pyridine rings is 1. The highest BCUT2D eigenvalue weighted by Crippen LogP contribution is 2.34. The van der Waals surface area contributed by atoms with Crippen molar-refractivity contribution in [3.8, 4) is 0 Å². The Morgan fingerprint density at radius 3 is 2.00 bits per heavy atom. The Bertz CT molecular complexity index is 866. The summed E-state index contributed by atoms with van der Waals surface area (Å²) < 4.78 is 0. The van der Waals surface area contributed by atoms with Gasteiger partial charge in [-0.1, -0.05) is 37.0 Å². The van der Waals surface area contributed by atoms with Gasteiger partial charge in [-0.25, -0.2) is 4.98 Å². The van der Waals surface area contributed by atoms with E-state index in [1.54, 1.807) is 0 Å². The molecule has 0 spiro atoms. The number of rotatable bonds is 8. The number of aromatic nitrogens is 1. The monoisotopic (exact) mass is 439 g/mol. The summed E-state index contributed by atoms with van der Waals surface area (Å²) in [6.45, 7) is 10.0. The third-order valence-corrected chi connectivity index (χ3v) is 5.57. The van der Waals surface area contributed by atoms with E-state index in [2.05, 4.69) is 31.0 Å². The van der Waals surface area contributed by atoms with Crippen molar-refractivity contribution in [1.29, 1.82) is 0 Å². The second-order valence-electron chi connectivity index (χ2n) is 7.02. The molecule has 1 heterocycles. The molecule has 1 atom stereocenters. The van der Waals surface area contributed by atoms with Gasteiger partial charge in [0.15, 0.2) is 0 Å². The lowest BCUT2D eigenvalue weighted by Crippen LogP contribution is -2.25. The van der Waals surface area contributed by atoms with E-state index in [0.717, 1.165) is 53.5 Å². The van der Waals surface area contributed by atoms with Crippen LogP contribution in [-0.4, -0.2) is 35.6 Å². The van der Waals surface area contributed by atoms with E-state index in [1.807, 2.05) is 36.4 Å². The number of benzene rings is 2. The van der Waals surface area contributed by atoms with E-state index < -0.39 is 0 Å². The summed E-state index contributed by atoms with van der Waals surface area (Å²) in [5.74, 6) is 0. The molecule has 0 radical (unpaired) electrons. The minimum atomic E-state index is 0. The van der Waals surface area contributed by atoms with E-state index in [-0.39, 0.29) is 12.4 Å². The van der Waals surface area contributed by atoms with Crippen LogP contribution in [0.1, 0.15) is 33.6 Å². The van der Waals surface area contributed by atoms with Crippen molar-refractivity contribution in [3.63, 3.8) is 0 Å². The van der Waals surface area contributed by atoms with Crippen LogP contribution < -0.4 is 5.32 Å². The highest BCUT2D eigenvalue weighted by Gasteiger charge is 2.13. The summed E-state index contributed by atoms with van der Waals surface area (Å²) in [7, 11) is 0. The Hall–Kier alpha value is -1.26. The van der Waals surface area contributed by atoms with Crippen molar-refractivity contribution in [2.45, 2.75) is 39.7 Å². The minimum Gasteiger partial charge on any atom is -0.381 e. The molecule has 0 aliphatic rings. The van der Waals surface area contributed by atoms with Gasteiger partial charge in [-0.2, -0.15) is 0 Å². The first-order chi connectivity index (χ1) is 13.0. The first-order valence-corrected chi connectivity index (χ1v) is 10.4. The van der Waals surface area contributed by atoms with Gasteiger partial charge in [0, 0.05) is 26.9 Å². The number of hydrogen-bond donors (Lipinski definition) is 1. The van der Waals surface area contributed by atoms with E-state index in [9.17, 15) is 0 Å². The summed E-state index contributed by atoms with van der Waals surface area (Å²) >= 11 is 12.4. The number of nitrogens with one attached hydrogen (secondary N) is 1. The van der Waals surface area contributed by atoms with Crippen LogP contribution in [0.2, 0.25) is 10.0 Å². The third kappa shape index (κ3) is 5.42. The SMILES string of the molecule is CCN(CC)CCCC(C)Nc1c2ccc(Cl)cc2nc2cc(Cl)ccc12.Cl. The molecule has 0 bridgehead atoms. The number of anilines is 1. The Labute approximate surface area is 183 Å². The van der Waals surface area contributed by atoms with Crippen molar-refractivity contribution in [2.24, 2.45) is 0 Å². The second kappa shape index (κ2) is 10.5. The number of hydrogen-bond acceptors (Lipinski definition) is 3. The molecule has 3 aromatic rings. The zero-order chi connectivity index (χ0) is 19.4. The van der Waals surface area contributed by atoms with Crippen LogP contribution in [0.25, 0.3) is 21.8 Å². The van der Waals surface area contributed by atoms with Gasteiger partial charge in [-0.05, 0) is 75.8 Å². The summed E-state index contributed by atoms with van der Waals surface area (Å²) in [6.07, 6.45) is 2.29. The summed E-state index contributed by atoms with van der Waals surface area (Å²) in [5, 5.41) is 7.29. The number of fused-ring (bicyclic) bond motifs is 2. The molecule has 3 rings (SSSR count). The fourth-order valence-corrected chi connectivity index (χ4v) is 3.86. The van der Waals surface area contributed by atoms with Crippen LogP contribution in [0.4, 0.5) is 5.69 Å². The molecule has 0 saturated heterocycles. The Kier molecular flexibility index (Phi) is 8.63. The lowest BCUT2D eigenvalue weighted by Gasteiger charge is -2.21. The Balaban J connectivity index is 0.00000280. The maximum atomic E-state index is 6.19. The van der Waals surface area contributed by atoms with Crippen molar-refractivity contribution < 1.29 is 0 Å². The van der Waals surface area contributed by atoms with Crippen molar-refractivity contribution in [1.82, 2.24) is 9.88 Å². The molecule has 0 saturated carbocycles. The average molecular weight is 441 g/mol. The topological polar surface area (TPSA) is 28.2 Å². The van der Waals surface area contributed by atoms with E-state index >= 15 is 0 Å². The van der Waals surface area contributed by atoms with Crippen LogP contribution in [0.5, 0.6) is 0 Å². The van der Waals surface area contributed by atoms with Gasteiger partial charge in [0.1, 0.15) is 0 Å². The fourth-order valence-electron chi connectivity index (χ4n) is 3.53. The summed E-state index contributed by atoms with van der Waals surface area (Å²) in [6, 6.07) is 12.1. The molecule has 1 aromatic heterocycles. The van der Waals surface area contributed by atoms with Crippen molar-refractivity contribution in [2.75, 3.05) is 25.0 Å². The molecule has 3 nitrogen and oxygen atoms in total. The summed E-state index contributed by atoms with van der Waals surface area (Å²) in [5.41, 5.74) is 2.88. The number of halogens is 3. The molecular weight excluding hydrogens is 413 g/mol. The molecular formula is C22H28Cl3N3. The Morgan fingerprint density at radius 2 is 1.50 bits per heavy atom. The van der Waals surface area contributed by atoms with Crippen LogP contribution in [0, 0.1) is 0 Å². The van der Waals surface area contributed by atoms with Crippen molar-refractivity contribution >= 4 is 63.1 Å². The number of nitrogens with zero attached hydrogens (tertiary/aromatic N) is 2. The molecule has 1 N–H and O–H groups in total.